The van der Waals surface area contributed by atoms with Crippen molar-refractivity contribution in [2.75, 3.05) is 31.2 Å². The zero-order chi connectivity index (χ0) is 28.9. The lowest BCUT2D eigenvalue weighted by molar-refractivity contribution is -0.134. The fourth-order valence-corrected chi connectivity index (χ4v) is 6.34. The predicted octanol–water partition coefficient (Wildman–Crippen LogP) is 6.73. The number of nitrogens with zero attached hydrogens (tertiary/aromatic N) is 3. The first-order chi connectivity index (χ1) is 19.7. The van der Waals surface area contributed by atoms with Gasteiger partial charge in [0.05, 0.1) is 12.2 Å². The molecule has 5 rings (SSSR count). The zero-order valence-electron chi connectivity index (χ0n) is 25.0. The van der Waals surface area contributed by atoms with Gasteiger partial charge >= 0.3 is 5.97 Å². The van der Waals surface area contributed by atoms with E-state index in [0.29, 0.717) is 18.8 Å². The van der Waals surface area contributed by atoms with E-state index in [4.69, 9.17) is 4.74 Å². The Bertz CT molecular complexity index is 1270. The number of para-hydroxylation sites is 1. The molecule has 2 aromatic carbocycles. The summed E-state index contributed by atoms with van der Waals surface area (Å²) in [7, 11) is 0. The third kappa shape index (κ3) is 7.10. The second kappa shape index (κ2) is 12.6. The Labute approximate surface area is 245 Å². The van der Waals surface area contributed by atoms with Crippen LogP contribution in [0.25, 0.3) is 0 Å². The van der Waals surface area contributed by atoms with Crippen molar-refractivity contribution in [3.63, 3.8) is 0 Å². The van der Waals surface area contributed by atoms with Gasteiger partial charge < -0.3 is 19.4 Å². The molecule has 41 heavy (non-hydrogen) atoms. The van der Waals surface area contributed by atoms with Crippen LogP contribution in [0.3, 0.4) is 0 Å². The molecule has 6 heteroatoms. The van der Waals surface area contributed by atoms with Crippen LogP contribution >= 0.6 is 0 Å². The van der Waals surface area contributed by atoms with Crippen molar-refractivity contribution in [2.24, 2.45) is 0 Å². The molecule has 1 spiro atoms. The highest BCUT2D eigenvalue weighted by Gasteiger charge is 2.53. The summed E-state index contributed by atoms with van der Waals surface area (Å²) >= 11 is 0. The number of carbonyl (C=O) groups is 2. The molecule has 0 radical (unpaired) electrons. The summed E-state index contributed by atoms with van der Waals surface area (Å²) in [5, 5.41) is 0. The summed E-state index contributed by atoms with van der Waals surface area (Å²) in [4.78, 5) is 33.7. The lowest BCUT2D eigenvalue weighted by Crippen LogP contribution is -2.56. The molecule has 2 aliphatic heterocycles. The highest BCUT2D eigenvalue weighted by molar-refractivity contribution is 5.94. The maximum Gasteiger partial charge on any atom is 0.338 e. The monoisotopic (exact) mass is 555 g/mol. The molecule has 2 heterocycles. The van der Waals surface area contributed by atoms with Crippen molar-refractivity contribution in [3.05, 3.63) is 89.5 Å². The van der Waals surface area contributed by atoms with Gasteiger partial charge in [-0.1, -0.05) is 54.1 Å². The number of esters is 1. The van der Waals surface area contributed by atoms with Crippen LogP contribution in [0.2, 0.25) is 0 Å². The van der Waals surface area contributed by atoms with Crippen LogP contribution in [0.4, 0.5) is 5.69 Å². The van der Waals surface area contributed by atoms with Crippen molar-refractivity contribution in [2.45, 2.75) is 83.4 Å². The minimum absolute atomic E-state index is 0.194. The first-order valence-corrected chi connectivity index (χ1v) is 15.3. The molecule has 2 aromatic rings. The van der Waals surface area contributed by atoms with Crippen LogP contribution in [0.1, 0.15) is 81.6 Å². The Morgan fingerprint density at radius 3 is 2.46 bits per heavy atom. The Morgan fingerprint density at radius 2 is 1.76 bits per heavy atom. The fourth-order valence-electron chi connectivity index (χ4n) is 6.34. The van der Waals surface area contributed by atoms with E-state index in [1.165, 1.54) is 37.7 Å². The first kappa shape index (κ1) is 29.1. The molecule has 1 amide bonds. The minimum Gasteiger partial charge on any atom is -0.456 e. The number of allylic oxidation sites excluding steroid dienone is 4. The molecule has 0 saturated carbocycles. The van der Waals surface area contributed by atoms with Crippen LogP contribution in [0, 0.1) is 0 Å². The molecule has 0 aromatic heterocycles. The molecule has 0 bridgehead atoms. The molecule has 3 aliphatic rings. The number of hydrogen-bond donors (Lipinski definition) is 0. The lowest BCUT2D eigenvalue weighted by atomic mass is 9.85. The van der Waals surface area contributed by atoms with E-state index >= 15 is 0 Å². The number of piperidine rings is 1. The zero-order valence-corrected chi connectivity index (χ0v) is 25.0. The van der Waals surface area contributed by atoms with Gasteiger partial charge in [0.1, 0.15) is 11.1 Å². The molecule has 2 fully saturated rings. The second-order valence-electron chi connectivity index (χ2n) is 12.7. The summed E-state index contributed by atoms with van der Waals surface area (Å²) in [5.74, 6) is -0.145. The second-order valence-corrected chi connectivity index (χ2v) is 12.7. The van der Waals surface area contributed by atoms with Crippen molar-refractivity contribution in [1.82, 2.24) is 9.80 Å². The maximum atomic E-state index is 14.2. The van der Waals surface area contributed by atoms with Crippen molar-refractivity contribution in [1.29, 1.82) is 0 Å². The Balaban J connectivity index is 1.24. The number of rotatable bonds is 9. The van der Waals surface area contributed by atoms with E-state index in [2.05, 4.69) is 40.2 Å². The van der Waals surface area contributed by atoms with Gasteiger partial charge in [-0.05, 0) is 102 Å². The highest BCUT2D eigenvalue weighted by Crippen LogP contribution is 2.40. The number of ether oxygens (including phenoxy) is 1. The van der Waals surface area contributed by atoms with E-state index in [1.54, 1.807) is 6.07 Å². The van der Waals surface area contributed by atoms with Crippen LogP contribution in [-0.2, 0) is 16.1 Å². The molecule has 0 unspecified atom stereocenters. The van der Waals surface area contributed by atoms with E-state index in [1.807, 2.05) is 62.1 Å². The Kier molecular flexibility index (Phi) is 8.98. The fraction of sp³-hybridized carbons (Fsp3) is 0.486. The van der Waals surface area contributed by atoms with Gasteiger partial charge in [-0.3, -0.25) is 4.79 Å². The summed E-state index contributed by atoms with van der Waals surface area (Å²) in [6.07, 6.45) is 14.5. The van der Waals surface area contributed by atoms with Gasteiger partial charge in [0.2, 0.25) is 5.91 Å². The first-order valence-electron chi connectivity index (χ1n) is 15.3. The molecule has 0 N–H and O–H groups in total. The number of carbonyl (C=O) groups excluding carboxylic acids is 2. The topological polar surface area (TPSA) is 53.1 Å². The van der Waals surface area contributed by atoms with Crippen molar-refractivity contribution < 1.29 is 14.3 Å². The third-order valence-corrected chi connectivity index (χ3v) is 8.46. The average Bonchev–Trinajstić information content (AvgIpc) is 3.23. The summed E-state index contributed by atoms with van der Waals surface area (Å²) < 4.78 is 5.57. The molecule has 2 saturated heterocycles. The normalized spacial score (nSPS) is 19.1. The minimum atomic E-state index is -0.556. The van der Waals surface area contributed by atoms with E-state index in [-0.39, 0.29) is 11.9 Å². The highest BCUT2D eigenvalue weighted by atomic mass is 16.6. The lowest BCUT2D eigenvalue weighted by Gasteiger charge is -2.43. The molecule has 6 nitrogen and oxygen atoms in total. The number of likely N-dealkylation sites (tertiary alicyclic amines) is 1. The largest absolute Gasteiger partial charge is 0.456 e. The number of hydrogen-bond acceptors (Lipinski definition) is 5. The van der Waals surface area contributed by atoms with Gasteiger partial charge in [0, 0.05) is 25.3 Å². The van der Waals surface area contributed by atoms with Crippen LogP contribution in [0.15, 0.2) is 78.4 Å². The number of amides is 1. The Morgan fingerprint density at radius 1 is 0.976 bits per heavy atom. The van der Waals surface area contributed by atoms with Crippen molar-refractivity contribution in [3.8, 4) is 0 Å². The smallest absolute Gasteiger partial charge is 0.338 e. The van der Waals surface area contributed by atoms with E-state index in [9.17, 15) is 9.59 Å². The summed E-state index contributed by atoms with van der Waals surface area (Å²) in [6.45, 7) is 9.57. The van der Waals surface area contributed by atoms with Gasteiger partial charge in [0.15, 0.2) is 0 Å². The van der Waals surface area contributed by atoms with Gasteiger partial charge in [-0.25, -0.2) is 4.79 Å². The van der Waals surface area contributed by atoms with Gasteiger partial charge in [-0.2, -0.15) is 0 Å². The van der Waals surface area contributed by atoms with Crippen LogP contribution in [0.5, 0.6) is 0 Å². The van der Waals surface area contributed by atoms with Crippen molar-refractivity contribution >= 4 is 17.6 Å². The van der Waals surface area contributed by atoms with Crippen LogP contribution < -0.4 is 4.90 Å². The predicted molar refractivity (Wildman–Crippen MR) is 165 cm³/mol. The number of anilines is 1. The molecule has 1 aliphatic carbocycles. The quantitative estimate of drug-likeness (QED) is 0.254. The molecular weight excluding hydrogens is 510 g/mol. The standard InChI is InChI=1S/C35H45N3O3/c1-34(2,3)41-32(39)30-17-12-16-29(25-30)26-37-27-38(31-18-8-5-9-19-31)35(33(37)40)20-23-36(24-21-35)22-11-10-15-28-13-6-4-7-14-28/h5-6,8-9,12-14,16-19,25H,4,7,10-11,15,20-24,26-27H2,1-3H3. The SMILES string of the molecule is CC(C)(C)OC(=O)c1cccc(CN2CN(c3ccccc3)C3(CCN(CCCCC4=CCCC=C4)CC3)C2=O)c1. The van der Waals surface area contributed by atoms with Gasteiger partial charge in [0.25, 0.3) is 0 Å². The molecular formula is C35H45N3O3. The third-order valence-electron chi connectivity index (χ3n) is 8.46. The van der Waals surface area contributed by atoms with E-state index < -0.39 is 11.1 Å². The maximum absolute atomic E-state index is 14.2. The molecule has 218 valence electrons. The van der Waals surface area contributed by atoms with E-state index in [0.717, 1.165) is 43.7 Å². The van der Waals surface area contributed by atoms with Gasteiger partial charge in [-0.15, -0.1) is 0 Å². The summed E-state index contributed by atoms with van der Waals surface area (Å²) in [5.41, 5.74) is 2.95. The number of unbranched alkanes of at least 4 members (excludes halogenated alkanes) is 1. The average molecular weight is 556 g/mol. The summed E-state index contributed by atoms with van der Waals surface area (Å²) in [6, 6.07) is 17.8. The number of benzene rings is 2. The molecule has 0 atom stereocenters. The van der Waals surface area contributed by atoms with Crippen LogP contribution in [-0.4, -0.2) is 59.1 Å². The Hall–Kier alpha value is -3.38.